The first kappa shape index (κ1) is 17.2. The zero-order chi connectivity index (χ0) is 16.8. The lowest BCUT2D eigenvalue weighted by Crippen LogP contribution is -2.52. The van der Waals surface area contributed by atoms with Crippen LogP contribution >= 0.6 is 0 Å². The first-order valence-electron chi connectivity index (χ1n) is 8.11. The molecule has 126 valence electrons. The molecule has 1 fully saturated rings. The highest BCUT2D eigenvalue weighted by Crippen LogP contribution is 2.19. The van der Waals surface area contributed by atoms with Crippen molar-refractivity contribution in [1.29, 1.82) is 0 Å². The second-order valence-electron chi connectivity index (χ2n) is 6.32. The Balaban J connectivity index is 1.90. The Morgan fingerprint density at radius 3 is 2.65 bits per heavy atom. The first-order valence-corrected chi connectivity index (χ1v) is 8.11. The van der Waals surface area contributed by atoms with E-state index in [9.17, 15) is 9.59 Å². The van der Waals surface area contributed by atoms with Crippen molar-refractivity contribution in [2.75, 3.05) is 6.54 Å². The Labute approximate surface area is 137 Å². The lowest BCUT2D eigenvalue weighted by atomic mass is 10.0. The third-order valence-corrected chi connectivity index (χ3v) is 4.16. The average molecular weight is 319 g/mol. The van der Waals surface area contributed by atoms with Crippen molar-refractivity contribution in [2.24, 2.45) is 5.92 Å². The predicted molar refractivity (Wildman–Crippen MR) is 86.6 cm³/mol. The van der Waals surface area contributed by atoms with Gasteiger partial charge in [0, 0.05) is 25.0 Å². The molecule has 6 heteroatoms. The Bertz CT molecular complexity index is 533. The first-order chi connectivity index (χ1) is 11.0. The van der Waals surface area contributed by atoms with E-state index in [0.29, 0.717) is 0 Å². The normalized spacial score (nSPS) is 18.8. The molecule has 0 radical (unpaired) electrons. The second-order valence-corrected chi connectivity index (χ2v) is 6.32. The Kier molecular flexibility index (Phi) is 5.96. The van der Waals surface area contributed by atoms with Crippen molar-refractivity contribution in [3.8, 4) is 0 Å². The van der Waals surface area contributed by atoms with Crippen LogP contribution in [0.5, 0.6) is 0 Å². The molecule has 23 heavy (non-hydrogen) atoms. The van der Waals surface area contributed by atoms with Crippen LogP contribution < -0.4 is 5.32 Å². The van der Waals surface area contributed by atoms with E-state index in [1.54, 1.807) is 24.5 Å². The van der Waals surface area contributed by atoms with Gasteiger partial charge in [-0.25, -0.2) is 4.79 Å². The van der Waals surface area contributed by atoms with E-state index in [1.807, 2.05) is 25.7 Å². The summed E-state index contributed by atoms with van der Waals surface area (Å²) in [6.45, 7) is 6.81. The van der Waals surface area contributed by atoms with Crippen LogP contribution in [-0.4, -0.2) is 40.5 Å². The van der Waals surface area contributed by atoms with E-state index >= 15 is 0 Å². The van der Waals surface area contributed by atoms with E-state index in [4.69, 9.17) is 4.74 Å². The summed E-state index contributed by atoms with van der Waals surface area (Å²) in [5.41, 5.74) is 0.857. The smallest absolute Gasteiger partial charge is 0.408 e. The number of nitrogens with one attached hydrogen (secondary N) is 1. The van der Waals surface area contributed by atoms with E-state index in [-0.39, 0.29) is 24.5 Å². The summed E-state index contributed by atoms with van der Waals surface area (Å²) in [5, 5.41) is 2.72. The van der Waals surface area contributed by atoms with Crippen LogP contribution in [0, 0.1) is 5.92 Å². The van der Waals surface area contributed by atoms with Gasteiger partial charge in [0.1, 0.15) is 12.6 Å². The maximum atomic E-state index is 12.7. The van der Waals surface area contributed by atoms with Gasteiger partial charge >= 0.3 is 6.09 Å². The highest BCUT2D eigenvalue weighted by atomic mass is 16.5. The molecule has 1 N–H and O–H groups in total. The molecule has 0 spiro atoms. The van der Waals surface area contributed by atoms with Crippen LogP contribution in [0.2, 0.25) is 0 Å². The number of alkyl carbamates (subject to hydrolysis) is 1. The number of nitrogens with zero attached hydrogens (tertiary/aromatic N) is 2. The van der Waals surface area contributed by atoms with Gasteiger partial charge in [0.15, 0.2) is 0 Å². The fourth-order valence-corrected chi connectivity index (χ4v) is 2.75. The minimum Gasteiger partial charge on any atom is -0.445 e. The van der Waals surface area contributed by atoms with Crippen LogP contribution in [0.1, 0.15) is 39.2 Å². The van der Waals surface area contributed by atoms with Crippen molar-refractivity contribution in [3.05, 3.63) is 30.1 Å². The van der Waals surface area contributed by atoms with Crippen molar-refractivity contribution in [3.63, 3.8) is 0 Å². The molecule has 6 nitrogen and oxygen atoms in total. The number of pyridine rings is 1. The summed E-state index contributed by atoms with van der Waals surface area (Å²) in [6, 6.07) is 3.24. The maximum Gasteiger partial charge on any atom is 0.408 e. The van der Waals surface area contributed by atoms with Gasteiger partial charge in [-0.15, -0.1) is 0 Å². The van der Waals surface area contributed by atoms with Gasteiger partial charge in [-0.3, -0.25) is 9.78 Å². The number of amides is 2. The quantitative estimate of drug-likeness (QED) is 0.904. The number of aromatic nitrogens is 1. The monoisotopic (exact) mass is 319 g/mol. The number of carbonyl (C=O) groups is 2. The molecule has 0 aromatic carbocycles. The topological polar surface area (TPSA) is 71.5 Å². The standard InChI is InChI=1S/C17H25N3O3/c1-12(2)15(16(21)20-10-4-5-13(20)3)19-17(22)23-11-14-6-8-18-9-7-14/h6-9,12-13,15H,4-5,10-11H2,1-3H3,(H,19,22)/t13-,15?/m1/s1. The molecule has 1 aromatic rings. The van der Waals surface area contributed by atoms with E-state index in [0.717, 1.165) is 24.9 Å². The van der Waals surface area contributed by atoms with Crippen LogP contribution in [0.25, 0.3) is 0 Å². The molecule has 1 aliphatic rings. The van der Waals surface area contributed by atoms with Crippen molar-refractivity contribution in [2.45, 2.75) is 52.3 Å². The number of hydrogen-bond donors (Lipinski definition) is 1. The number of hydrogen-bond acceptors (Lipinski definition) is 4. The third kappa shape index (κ3) is 4.68. The SMILES string of the molecule is CC(C)C(NC(=O)OCc1ccncc1)C(=O)N1CCC[C@H]1C. The average Bonchev–Trinajstić information content (AvgIpc) is 2.97. The second kappa shape index (κ2) is 7.94. The minimum atomic E-state index is -0.569. The predicted octanol–water partition coefficient (Wildman–Crippen LogP) is 2.34. The zero-order valence-corrected chi connectivity index (χ0v) is 14.0. The molecular formula is C17H25N3O3. The molecular weight excluding hydrogens is 294 g/mol. The van der Waals surface area contributed by atoms with Crippen molar-refractivity contribution in [1.82, 2.24) is 15.2 Å². The van der Waals surface area contributed by atoms with Crippen molar-refractivity contribution < 1.29 is 14.3 Å². The maximum absolute atomic E-state index is 12.7. The fraction of sp³-hybridized carbons (Fsp3) is 0.588. The molecule has 1 saturated heterocycles. The molecule has 1 unspecified atom stereocenters. The minimum absolute atomic E-state index is 0.00350. The third-order valence-electron chi connectivity index (χ3n) is 4.16. The lowest BCUT2D eigenvalue weighted by Gasteiger charge is -2.29. The van der Waals surface area contributed by atoms with Gasteiger partial charge < -0.3 is 15.0 Å². The Morgan fingerprint density at radius 2 is 2.09 bits per heavy atom. The number of carbonyl (C=O) groups excluding carboxylic acids is 2. The van der Waals surface area contributed by atoms with Crippen LogP contribution in [-0.2, 0) is 16.1 Å². The number of rotatable bonds is 5. The molecule has 0 bridgehead atoms. The highest BCUT2D eigenvalue weighted by molar-refractivity contribution is 5.86. The Morgan fingerprint density at radius 1 is 1.39 bits per heavy atom. The van der Waals surface area contributed by atoms with Crippen LogP contribution in [0.4, 0.5) is 4.79 Å². The molecule has 2 amide bonds. The van der Waals surface area contributed by atoms with Crippen molar-refractivity contribution >= 4 is 12.0 Å². The van der Waals surface area contributed by atoms with E-state index in [2.05, 4.69) is 10.3 Å². The highest BCUT2D eigenvalue weighted by Gasteiger charge is 2.33. The summed E-state index contributed by atoms with van der Waals surface area (Å²) in [5.74, 6) is -0.0189. The summed E-state index contributed by atoms with van der Waals surface area (Å²) >= 11 is 0. The van der Waals surface area contributed by atoms with Gasteiger partial charge in [0.2, 0.25) is 5.91 Å². The van der Waals surface area contributed by atoms with E-state index in [1.165, 1.54) is 0 Å². The molecule has 1 aromatic heterocycles. The fourth-order valence-electron chi connectivity index (χ4n) is 2.75. The van der Waals surface area contributed by atoms with Crippen LogP contribution in [0.3, 0.4) is 0 Å². The molecule has 2 rings (SSSR count). The largest absolute Gasteiger partial charge is 0.445 e. The van der Waals surface area contributed by atoms with Crippen LogP contribution in [0.15, 0.2) is 24.5 Å². The van der Waals surface area contributed by atoms with Gasteiger partial charge in [-0.2, -0.15) is 0 Å². The molecule has 2 atom stereocenters. The molecule has 1 aliphatic heterocycles. The number of likely N-dealkylation sites (tertiary alicyclic amines) is 1. The summed E-state index contributed by atoms with van der Waals surface area (Å²) in [4.78, 5) is 30.4. The van der Waals surface area contributed by atoms with Gasteiger partial charge in [-0.1, -0.05) is 13.8 Å². The van der Waals surface area contributed by atoms with Gasteiger partial charge in [0.25, 0.3) is 0 Å². The summed E-state index contributed by atoms with van der Waals surface area (Å²) in [7, 11) is 0. The zero-order valence-electron chi connectivity index (χ0n) is 14.0. The molecule has 2 heterocycles. The lowest BCUT2D eigenvalue weighted by molar-refractivity contribution is -0.135. The van der Waals surface area contributed by atoms with Gasteiger partial charge in [0.05, 0.1) is 0 Å². The van der Waals surface area contributed by atoms with E-state index < -0.39 is 12.1 Å². The number of ether oxygens (including phenoxy) is 1. The van der Waals surface area contributed by atoms with Gasteiger partial charge in [-0.05, 0) is 43.4 Å². The molecule has 0 aliphatic carbocycles. The summed E-state index contributed by atoms with van der Waals surface area (Å²) < 4.78 is 5.20. The summed E-state index contributed by atoms with van der Waals surface area (Å²) in [6.07, 6.45) is 4.76. The Hall–Kier alpha value is -2.11. The molecule has 0 saturated carbocycles.